The van der Waals surface area contributed by atoms with Crippen molar-refractivity contribution in [3.63, 3.8) is 0 Å². The van der Waals surface area contributed by atoms with Crippen LogP contribution < -0.4 is 5.32 Å². The smallest absolute Gasteiger partial charge is 0.104 e. The highest BCUT2D eigenvalue weighted by atomic mass is 16.3. The second-order valence-corrected chi connectivity index (χ2v) is 11.1. The Morgan fingerprint density at radius 3 is 0.971 bits per heavy atom. The standard InChI is InChI=1S/C32H67NO/c1-3-5-7-9-11-13-15-17-18-19-20-22-24-26-28-30-32(34)33-31-29-27-25-23-21-16-14-12-10-8-6-4-2/h32-34H,3-31H2,1-2H3. The van der Waals surface area contributed by atoms with Gasteiger partial charge in [-0.3, -0.25) is 5.32 Å². The highest BCUT2D eigenvalue weighted by molar-refractivity contribution is 4.56. The van der Waals surface area contributed by atoms with Gasteiger partial charge < -0.3 is 5.11 Å². The first-order chi connectivity index (χ1) is 16.8. The summed E-state index contributed by atoms with van der Waals surface area (Å²) < 4.78 is 0. The third-order valence-corrected chi connectivity index (χ3v) is 7.49. The minimum Gasteiger partial charge on any atom is -0.379 e. The molecule has 0 aliphatic carbocycles. The summed E-state index contributed by atoms with van der Waals surface area (Å²) in [6, 6.07) is 0. The van der Waals surface area contributed by atoms with Gasteiger partial charge >= 0.3 is 0 Å². The van der Waals surface area contributed by atoms with E-state index in [2.05, 4.69) is 19.2 Å². The molecular formula is C32H67NO. The van der Waals surface area contributed by atoms with Crippen LogP contribution in [0.3, 0.4) is 0 Å². The highest BCUT2D eigenvalue weighted by Gasteiger charge is 2.02. The summed E-state index contributed by atoms with van der Waals surface area (Å²) in [5, 5.41) is 13.4. The molecule has 0 radical (unpaired) electrons. The summed E-state index contributed by atoms with van der Waals surface area (Å²) in [7, 11) is 0. The normalized spacial score (nSPS) is 12.4. The molecular weight excluding hydrogens is 414 g/mol. The summed E-state index contributed by atoms with van der Waals surface area (Å²) in [4.78, 5) is 0. The molecule has 0 amide bonds. The Labute approximate surface area is 216 Å². The predicted octanol–water partition coefficient (Wildman–Crippen LogP) is 10.9. The van der Waals surface area contributed by atoms with Gasteiger partial charge in [0.15, 0.2) is 0 Å². The fourth-order valence-electron chi connectivity index (χ4n) is 5.05. The Morgan fingerprint density at radius 1 is 0.382 bits per heavy atom. The molecule has 0 bridgehead atoms. The van der Waals surface area contributed by atoms with Crippen LogP contribution >= 0.6 is 0 Å². The number of nitrogens with one attached hydrogen (secondary N) is 1. The van der Waals surface area contributed by atoms with Gasteiger partial charge in [0.25, 0.3) is 0 Å². The third-order valence-electron chi connectivity index (χ3n) is 7.49. The number of hydrogen-bond acceptors (Lipinski definition) is 2. The molecule has 2 nitrogen and oxygen atoms in total. The lowest BCUT2D eigenvalue weighted by Gasteiger charge is -2.12. The summed E-state index contributed by atoms with van der Waals surface area (Å²) in [5.74, 6) is 0. The van der Waals surface area contributed by atoms with Gasteiger partial charge in [0.05, 0.1) is 0 Å². The second kappa shape index (κ2) is 31.0. The topological polar surface area (TPSA) is 32.3 Å². The lowest BCUT2D eigenvalue weighted by molar-refractivity contribution is 0.124. The van der Waals surface area contributed by atoms with Gasteiger partial charge in [-0.05, 0) is 25.8 Å². The molecule has 206 valence electrons. The molecule has 2 N–H and O–H groups in total. The monoisotopic (exact) mass is 482 g/mol. The van der Waals surface area contributed by atoms with Crippen molar-refractivity contribution in [1.82, 2.24) is 5.32 Å². The molecule has 0 saturated carbocycles. The lowest BCUT2D eigenvalue weighted by atomic mass is 10.0. The minimum atomic E-state index is -0.283. The summed E-state index contributed by atoms with van der Waals surface area (Å²) in [6.07, 6.45) is 38.3. The maximum Gasteiger partial charge on any atom is 0.104 e. The van der Waals surface area contributed by atoms with Crippen molar-refractivity contribution in [3.8, 4) is 0 Å². The van der Waals surface area contributed by atoms with Crippen molar-refractivity contribution in [2.24, 2.45) is 0 Å². The molecule has 0 aliphatic heterocycles. The van der Waals surface area contributed by atoms with Crippen LogP contribution in [0.2, 0.25) is 0 Å². The van der Waals surface area contributed by atoms with E-state index in [9.17, 15) is 5.11 Å². The van der Waals surface area contributed by atoms with E-state index >= 15 is 0 Å². The van der Waals surface area contributed by atoms with Crippen molar-refractivity contribution in [2.45, 2.75) is 200 Å². The molecule has 0 aliphatic rings. The van der Waals surface area contributed by atoms with Crippen molar-refractivity contribution in [2.75, 3.05) is 6.54 Å². The SMILES string of the molecule is CCCCCCCCCCCCCCCCCC(O)NCCCCCCCCCCCCCC. The van der Waals surface area contributed by atoms with Gasteiger partial charge in [-0.2, -0.15) is 0 Å². The van der Waals surface area contributed by atoms with Crippen LogP contribution in [0.5, 0.6) is 0 Å². The van der Waals surface area contributed by atoms with Crippen molar-refractivity contribution >= 4 is 0 Å². The van der Waals surface area contributed by atoms with Crippen LogP contribution in [0.15, 0.2) is 0 Å². The number of hydrogen-bond donors (Lipinski definition) is 2. The van der Waals surface area contributed by atoms with Crippen molar-refractivity contribution in [1.29, 1.82) is 0 Å². The van der Waals surface area contributed by atoms with E-state index in [0.717, 1.165) is 13.0 Å². The van der Waals surface area contributed by atoms with Gasteiger partial charge in [-0.1, -0.05) is 174 Å². The molecule has 1 atom stereocenters. The maximum absolute atomic E-state index is 10.1. The maximum atomic E-state index is 10.1. The zero-order valence-electron chi connectivity index (χ0n) is 24.0. The number of rotatable bonds is 30. The fourth-order valence-corrected chi connectivity index (χ4v) is 5.05. The summed E-state index contributed by atoms with van der Waals surface area (Å²) in [5.41, 5.74) is 0. The average Bonchev–Trinajstić information content (AvgIpc) is 2.84. The molecule has 1 unspecified atom stereocenters. The van der Waals surface area contributed by atoms with Crippen molar-refractivity contribution < 1.29 is 5.11 Å². The number of aliphatic hydroxyl groups is 1. The van der Waals surface area contributed by atoms with E-state index in [0.29, 0.717) is 0 Å². The van der Waals surface area contributed by atoms with Crippen LogP contribution in [-0.2, 0) is 0 Å². The van der Waals surface area contributed by atoms with Crippen LogP contribution in [0.25, 0.3) is 0 Å². The molecule has 0 rings (SSSR count). The number of aliphatic hydroxyl groups excluding tert-OH is 1. The zero-order valence-corrected chi connectivity index (χ0v) is 24.0. The van der Waals surface area contributed by atoms with E-state index < -0.39 is 0 Å². The Balaban J connectivity index is 3.13. The molecule has 0 spiro atoms. The minimum absolute atomic E-state index is 0.283. The number of unbranched alkanes of at least 4 members (excludes halogenated alkanes) is 25. The molecule has 0 heterocycles. The molecule has 0 aromatic heterocycles. The average molecular weight is 482 g/mol. The van der Waals surface area contributed by atoms with E-state index in [4.69, 9.17) is 0 Å². The zero-order chi connectivity index (χ0) is 24.8. The Kier molecular flexibility index (Phi) is 30.9. The van der Waals surface area contributed by atoms with Gasteiger partial charge in [0, 0.05) is 0 Å². The van der Waals surface area contributed by atoms with E-state index in [-0.39, 0.29) is 6.23 Å². The van der Waals surface area contributed by atoms with Gasteiger partial charge in [-0.15, -0.1) is 0 Å². The molecule has 2 heteroatoms. The van der Waals surface area contributed by atoms with E-state index in [1.807, 2.05) is 0 Å². The fraction of sp³-hybridized carbons (Fsp3) is 1.00. The molecule has 0 aromatic carbocycles. The lowest BCUT2D eigenvalue weighted by Crippen LogP contribution is -2.29. The Morgan fingerprint density at radius 2 is 0.647 bits per heavy atom. The first kappa shape index (κ1) is 33.9. The largest absolute Gasteiger partial charge is 0.379 e. The summed E-state index contributed by atoms with van der Waals surface area (Å²) >= 11 is 0. The first-order valence-electron chi connectivity index (χ1n) is 16.2. The molecule has 0 fully saturated rings. The second-order valence-electron chi connectivity index (χ2n) is 11.1. The molecule has 34 heavy (non-hydrogen) atoms. The quantitative estimate of drug-likeness (QED) is 0.0789. The van der Waals surface area contributed by atoms with Crippen LogP contribution in [-0.4, -0.2) is 17.9 Å². The van der Waals surface area contributed by atoms with Crippen LogP contribution in [0, 0.1) is 0 Å². The first-order valence-corrected chi connectivity index (χ1v) is 16.2. The Hall–Kier alpha value is -0.0800. The van der Waals surface area contributed by atoms with E-state index in [1.54, 1.807) is 0 Å². The van der Waals surface area contributed by atoms with Gasteiger partial charge in [-0.25, -0.2) is 0 Å². The summed E-state index contributed by atoms with van der Waals surface area (Å²) in [6.45, 7) is 5.57. The van der Waals surface area contributed by atoms with Gasteiger partial charge in [0.1, 0.15) is 6.23 Å². The molecule has 0 aromatic rings. The predicted molar refractivity (Wildman–Crippen MR) is 155 cm³/mol. The Bertz CT molecular complexity index is 346. The van der Waals surface area contributed by atoms with Crippen molar-refractivity contribution in [3.05, 3.63) is 0 Å². The molecule has 0 saturated heterocycles. The van der Waals surface area contributed by atoms with Crippen LogP contribution in [0.1, 0.15) is 194 Å². The highest BCUT2D eigenvalue weighted by Crippen LogP contribution is 2.14. The van der Waals surface area contributed by atoms with E-state index in [1.165, 1.54) is 173 Å². The third kappa shape index (κ3) is 30.0. The van der Waals surface area contributed by atoms with Gasteiger partial charge in [0.2, 0.25) is 0 Å². The van der Waals surface area contributed by atoms with Crippen LogP contribution in [0.4, 0.5) is 0 Å².